The third-order valence-electron chi connectivity index (χ3n) is 6.28. The van der Waals surface area contributed by atoms with Gasteiger partial charge in [-0.15, -0.1) is 13.2 Å². The lowest BCUT2D eigenvalue weighted by atomic mass is 9.85. The summed E-state index contributed by atoms with van der Waals surface area (Å²) in [5, 5.41) is 0. The molecule has 3 aromatic carbocycles. The van der Waals surface area contributed by atoms with Crippen molar-refractivity contribution in [2.45, 2.75) is 51.8 Å². The second-order valence-corrected chi connectivity index (χ2v) is 8.87. The molecule has 1 aliphatic carbocycles. The fourth-order valence-corrected chi connectivity index (χ4v) is 4.53. The number of allylic oxidation sites excluding steroid dienone is 1. The van der Waals surface area contributed by atoms with Crippen LogP contribution in [0.5, 0.6) is 5.75 Å². The summed E-state index contributed by atoms with van der Waals surface area (Å²) < 4.78 is 114. The number of ether oxygens (including phenoxy) is 1. The van der Waals surface area contributed by atoms with E-state index in [2.05, 4.69) is 11.7 Å². The summed E-state index contributed by atoms with van der Waals surface area (Å²) in [7, 11) is 0. The predicted octanol–water partition coefficient (Wildman–Crippen LogP) is 9.17. The fraction of sp³-hybridized carbons (Fsp3) is 0.286. The van der Waals surface area contributed by atoms with Gasteiger partial charge < -0.3 is 4.74 Å². The molecule has 196 valence electrons. The Morgan fingerprint density at radius 2 is 1.51 bits per heavy atom. The minimum absolute atomic E-state index is 0.0492. The number of aryl methyl sites for hydroxylation is 1. The molecule has 0 fully saturated rings. The Morgan fingerprint density at radius 3 is 2.14 bits per heavy atom. The van der Waals surface area contributed by atoms with Gasteiger partial charge in [0.1, 0.15) is 17.5 Å². The number of halogens is 8. The SMILES string of the molecule is CCCCCc1ccc(C2=Cc3cc(F)c(-c4cc(F)c(OC(F)(F)F)c(F)c4)c(F)c3CC2)c(F)c1. The molecule has 0 amide bonds. The molecule has 0 aliphatic heterocycles. The first kappa shape index (κ1) is 26.7. The maximum Gasteiger partial charge on any atom is 0.573 e. The van der Waals surface area contributed by atoms with Crippen molar-refractivity contribution in [2.75, 3.05) is 0 Å². The van der Waals surface area contributed by atoms with Crippen LogP contribution in [0.1, 0.15) is 54.9 Å². The summed E-state index contributed by atoms with van der Waals surface area (Å²) in [6.07, 6.45) is 0.156. The van der Waals surface area contributed by atoms with Gasteiger partial charge in [0.2, 0.25) is 5.75 Å². The number of benzene rings is 3. The molecule has 0 radical (unpaired) electrons. The number of fused-ring (bicyclic) bond motifs is 1. The Bertz CT molecular complexity index is 1330. The van der Waals surface area contributed by atoms with Gasteiger partial charge in [-0.1, -0.05) is 38.0 Å². The van der Waals surface area contributed by atoms with Crippen LogP contribution >= 0.6 is 0 Å². The average Bonchev–Trinajstić information content (AvgIpc) is 2.81. The van der Waals surface area contributed by atoms with Crippen molar-refractivity contribution in [3.05, 3.63) is 87.7 Å². The first-order valence-electron chi connectivity index (χ1n) is 11.7. The van der Waals surface area contributed by atoms with Crippen LogP contribution in [0.25, 0.3) is 22.8 Å². The summed E-state index contributed by atoms with van der Waals surface area (Å²) in [4.78, 5) is 0. The maximum atomic E-state index is 15.3. The maximum absolute atomic E-state index is 15.3. The van der Waals surface area contributed by atoms with Gasteiger partial charge in [-0.3, -0.25) is 0 Å². The van der Waals surface area contributed by atoms with Crippen molar-refractivity contribution in [1.82, 2.24) is 0 Å². The van der Waals surface area contributed by atoms with Crippen LogP contribution in [0.2, 0.25) is 0 Å². The van der Waals surface area contributed by atoms with E-state index in [0.717, 1.165) is 37.3 Å². The molecule has 0 N–H and O–H groups in total. The molecule has 4 rings (SSSR count). The van der Waals surface area contributed by atoms with E-state index < -0.39 is 52.3 Å². The highest BCUT2D eigenvalue weighted by Crippen LogP contribution is 2.40. The summed E-state index contributed by atoms with van der Waals surface area (Å²) in [6, 6.07) is 6.63. The van der Waals surface area contributed by atoms with E-state index in [0.29, 0.717) is 23.3 Å². The van der Waals surface area contributed by atoms with Crippen LogP contribution in [0, 0.1) is 29.1 Å². The lowest BCUT2D eigenvalue weighted by Crippen LogP contribution is -2.19. The highest BCUT2D eigenvalue weighted by molar-refractivity contribution is 5.86. The second kappa shape index (κ2) is 10.6. The topological polar surface area (TPSA) is 9.23 Å². The Hall–Kier alpha value is -3.36. The molecule has 0 unspecified atom stereocenters. The van der Waals surface area contributed by atoms with Gasteiger partial charge in [0, 0.05) is 5.56 Å². The van der Waals surface area contributed by atoms with Gasteiger partial charge in [-0.25, -0.2) is 22.0 Å². The standard InChI is InChI=1S/C28H22F8O/c1-2-3-4-5-15-6-8-19(21(29)10-15)16-7-9-20-17(11-16)12-22(30)25(26(20)33)18-13-23(31)27(24(32)14-18)37-28(34,35)36/h6,8,10-14H,2-5,7,9H2,1H3. The molecule has 0 aromatic heterocycles. The molecule has 3 aromatic rings. The Morgan fingerprint density at radius 1 is 0.811 bits per heavy atom. The first-order chi connectivity index (χ1) is 17.5. The third kappa shape index (κ3) is 5.81. The van der Waals surface area contributed by atoms with E-state index >= 15 is 4.39 Å². The summed E-state index contributed by atoms with van der Waals surface area (Å²) in [5.74, 6) is -7.96. The molecular weight excluding hydrogens is 504 g/mol. The van der Waals surface area contributed by atoms with Crippen molar-refractivity contribution in [3.8, 4) is 16.9 Å². The molecule has 1 aliphatic rings. The minimum Gasteiger partial charge on any atom is -0.399 e. The summed E-state index contributed by atoms with van der Waals surface area (Å²) >= 11 is 0. The molecule has 1 nitrogen and oxygen atoms in total. The zero-order chi connectivity index (χ0) is 26.9. The fourth-order valence-electron chi connectivity index (χ4n) is 4.53. The normalized spacial score (nSPS) is 13.4. The number of unbranched alkanes of at least 4 members (excludes halogenated alkanes) is 2. The Kier molecular flexibility index (Phi) is 7.62. The van der Waals surface area contributed by atoms with Crippen LogP contribution in [-0.2, 0) is 12.8 Å². The molecule has 0 bridgehead atoms. The van der Waals surface area contributed by atoms with Gasteiger partial charge in [0.25, 0.3) is 0 Å². The molecule has 0 saturated carbocycles. The highest BCUT2D eigenvalue weighted by atomic mass is 19.4. The summed E-state index contributed by atoms with van der Waals surface area (Å²) in [6.45, 7) is 2.07. The lowest BCUT2D eigenvalue weighted by molar-refractivity contribution is -0.276. The number of hydrogen-bond acceptors (Lipinski definition) is 1. The quantitative estimate of drug-likeness (QED) is 0.220. The summed E-state index contributed by atoms with van der Waals surface area (Å²) in [5.41, 5.74) is 0.509. The van der Waals surface area contributed by atoms with Crippen molar-refractivity contribution >= 4 is 11.6 Å². The van der Waals surface area contributed by atoms with Gasteiger partial charge in [-0.2, -0.15) is 0 Å². The smallest absolute Gasteiger partial charge is 0.399 e. The first-order valence-corrected chi connectivity index (χ1v) is 11.7. The van der Waals surface area contributed by atoms with E-state index in [1.165, 1.54) is 12.1 Å². The monoisotopic (exact) mass is 526 g/mol. The average molecular weight is 526 g/mol. The van der Waals surface area contributed by atoms with Crippen LogP contribution in [0.4, 0.5) is 35.1 Å². The Labute approximate surface area is 208 Å². The van der Waals surface area contributed by atoms with Crippen LogP contribution in [-0.4, -0.2) is 6.36 Å². The highest BCUT2D eigenvalue weighted by Gasteiger charge is 2.34. The van der Waals surface area contributed by atoms with E-state index in [1.807, 2.05) is 6.07 Å². The van der Waals surface area contributed by atoms with Crippen molar-refractivity contribution in [3.63, 3.8) is 0 Å². The van der Waals surface area contributed by atoms with Crippen LogP contribution in [0.3, 0.4) is 0 Å². The molecular formula is C28H22F8O. The second-order valence-electron chi connectivity index (χ2n) is 8.87. The number of hydrogen-bond donors (Lipinski definition) is 0. The van der Waals surface area contributed by atoms with Gasteiger partial charge in [0.05, 0.1) is 5.56 Å². The lowest BCUT2D eigenvalue weighted by Gasteiger charge is -2.20. The molecule has 0 atom stereocenters. The predicted molar refractivity (Wildman–Crippen MR) is 124 cm³/mol. The van der Waals surface area contributed by atoms with Crippen molar-refractivity contribution in [1.29, 1.82) is 0 Å². The van der Waals surface area contributed by atoms with E-state index in [4.69, 9.17) is 0 Å². The zero-order valence-corrected chi connectivity index (χ0v) is 19.7. The van der Waals surface area contributed by atoms with Crippen LogP contribution < -0.4 is 4.74 Å². The zero-order valence-electron chi connectivity index (χ0n) is 19.7. The molecule has 0 saturated heterocycles. The van der Waals surface area contributed by atoms with Crippen molar-refractivity contribution < 1.29 is 39.9 Å². The number of rotatable bonds is 7. The van der Waals surface area contributed by atoms with E-state index in [9.17, 15) is 30.7 Å². The van der Waals surface area contributed by atoms with Gasteiger partial charge in [-0.05, 0) is 77.8 Å². The van der Waals surface area contributed by atoms with E-state index in [-0.39, 0.29) is 24.0 Å². The molecule has 37 heavy (non-hydrogen) atoms. The van der Waals surface area contributed by atoms with Crippen LogP contribution in [0.15, 0.2) is 36.4 Å². The largest absolute Gasteiger partial charge is 0.573 e. The van der Waals surface area contributed by atoms with E-state index in [1.54, 1.807) is 6.07 Å². The number of alkyl halides is 3. The minimum atomic E-state index is -5.36. The van der Waals surface area contributed by atoms with Crippen molar-refractivity contribution in [2.24, 2.45) is 0 Å². The van der Waals surface area contributed by atoms with Gasteiger partial charge in [0.15, 0.2) is 11.6 Å². The molecule has 0 spiro atoms. The Balaban J connectivity index is 1.68. The van der Waals surface area contributed by atoms with Gasteiger partial charge >= 0.3 is 6.36 Å². The molecule has 9 heteroatoms. The third-order valence-corrected chi connectivity index (χ3v) is 6.28. The molecule has 0 heterocycles.